The molecule has 0 bridgehead atoms. The third-order valence-electron chi connectivity index (χ3n) is 6.75. The molecule has 0 aliphatic carbocycles. The van der Waals surface area contributed by atoms with E-state index in [1.54, 1.807) is 6.33 Å². The summed E-state index contributed by atoms with van der Waals surface area (Å²) in [5, 5.41) is 7.73. The summed E-state index contributed by atoms with van der Waals surface area (Å²) in [6.45, 7) is 0. The predicted molar refractivity (Wildman–Crippen MR) is 140 cm³/mol. The van der Waals surface area contributed by atoms with Gasteiger partial charge < -0.3 is 0 Å². The molecule has 7 aromatic rings. The zero-order chi connectivity index (χ0) is 22.5. The van der Waals surface area contributed by atoms with E-state index in [4.69, 9.17) is 0 Å². The van der Waals surface area contributed by atoms with E-state index in [0.29, 0.717) is 0 Å². The van der Waals surface area contributed by atoms with Crippen LogP contribution in [0.15, 0.2) is 116 Å². The van der Waals surface area contributed by atoms with Crippen molar-refractivity contribution in [2.75, 3.05) is 0 Å². The Morgan fingerprint density at radius 2 is 0.882 bits per heavy atom. The molecule has 34 heavy (non-hydrogen) atoms. The van der Waals surface area contributed by atoms with Crippen LogP contribution >= 0.6 is 0 Å². The molecule has 158 valence electrons. The Balaban J connectivity index is 1.46. The molecule has 0 amide bonds. The van der Waals surface area contributed by atoms with Crippen LogP contribution in [0.3, 0.4) is 0 Å². The monoisotopic (exact) mass is 433 g/mol. The molecule has 0 saturated heterocycles. The minimum atomic E-state index is 1.02. The fourth-order valence-electron chi connectivity index (χ4n) is 5.13. The molecule has 0 unspecified atom stereocenters. The highest BCUT2D eigenvalue weighted by Gasteiger charge is 2.14. The normalized spacial score (nSPS) is 11.5. The molecular formula is C31H19N3. The van der Waals surface area contributed by atoms with Crippen molar-refractivity contribution in [1.82, 2.24) is 15.0 Å². The zero-order valence-corrected chi connectivity index (χ0v) is 18.3. The maximum atomic E-state index is 4.20. The van der Waals surface area contributed by atoms with Crippen molar-refractivity contribution in [1.29, 1.82) is 0 Å². The topological polar surface area (TPSA) is 38.7 Å². The molecule has 0 atom stereocenters. The molecule has 0 N–H and O–H groups in total. The summed E-state index contributed by atoms with van der Waals surface area (Å²) in [6.07, 6.45) is 8.97. The van der Waals surface area contributed by atoms with Gasteiger partial charge in [-0.05, 0) is 72.3 Å². The first-order chi connectivity index (χ1) is 16.9. The highest BCUT2D eigenvalue weighted by atomic mass is 14.8. The van der Waals surface area contributed by atoms with Gasteiger partial charge in [-0.1, -0.05) is 72.8 Å². The van der Waals surface area contributed by atoms with Gasteiger partial charge in [-0.2, -0.15) is 0 Å². The van der Waals surface area contributed by atoms with Crippen LogP contribution in [0.25, 0.3) is 65.7 Å². The average Bonchev–Trinajstić information content (AvgIpc) is 2.92. The first-order valence-electron chi connectivity index (χ1n) is 11.3. The molecule has 0 spiro atoms. The van der Waals surface area contributed by atoms with E-state index in [1.165, 1.54) is 54.6 Å². The lowest BCUT2D eigenvalue weighted by atomic mass is 9.87. The number of aromatic nitrogens is 3. The summed E-state index contributed by atoms with van der Waals surface area (Å²) in [5.41, 5.74) is 7.01. The van der Waals surface area contributed by atoms with Crippen LogP contribution in [0.1, 0.15) is 0 Å². The highest BCUT2D eigenvalue weighted by molar-refractivity contribution is 6.27. The fraction of sp³-hybridized carbons (Fsp3) is 0. The Morgan fingerprint density at radius 1 is 0.382 bits per heavy atom. The molecule has 0 fully saturated rings. The van der Waals surface area contributed by atoms with Crippen LogP contribution in [0.2, 0.25) is 0 Å². The summed E-state index contributed by atoms with van der Waals surface area (Å²) >= 11 is 0. The second-order valence-electron chi connectivity index (χ2n) is 8.59. The number of hydrogen-bond acceptors (Lipinski definition) is 3. The number of hydrogen-bond donors (Lipinski definition) is 0. The van der Waals surface area contributed by atoms with E-state index in [0.717, 1.165) is 11.1 Å². The van der Waals surface area contributed by atoms with Crippen molar-refractivity contribution in [3.05, 3.63) is 116 Å². The largest absolute Gasteiger partial charge is 0.265 e. The summed E-state index contributed by atoms with van der Waals surface area (Å²) in [4.78, 5) is 12.5. The van der Waals surface area contributed by atoms with Gasteiger partial charge in [-0.3, -0.25) is 4.98 Å². The number of rotatable bonds is 3. The van der Waals surface area contributed by atoms with Crippen molar-refractivity contribution >= 4 is 32.3 Å². The van der Waals surface area contributed by atoms with Gasteiger partial charge in [0, 0.05) is 30.4 Å². The van der Waals surface area contributed by atoms with Crippen molar-refractivity contribution in [3.63, 3.8) is 0 Å². The number of benzene rings is 5. The van der Waals surface area contributed by atoms with Crippen LogP contribution < -0.4 is 0 Å². The quantitative estimate of drug-likeness (QED) is 0.267. The van der Waals surface area contributed by atoms with E-state index in [1.807, 2.05) is 24.8 Å². The third kappa shape index (κ3) is 2.87. The van der Waals surface area contributed by atoms with E-state index < -0.39 is 0 Å². The molecule has 3 nitrogen and oxygen atoms in total. The van der Waals surface area contributed by atoms with E-state index in [2.05, 4.69) is 99.9 Å². The van der Waals surface area contributed by atoms with Gasteiger partial charge in [0.1, 0.15) is 6.33 Å². The van der Waals surface area contributed by atoms with Gasteiger partial charge in [0.15, 0.2) is 0 Å². The maximum absolute atomic E-state index is 4.20. The fourth-order valence-corrected chi connectivity index (χ4v) is 5.13. The van der Waals surface area contributed by atoms with Crippen LogP contribution in [0, 0.1) is 0 Å². The molecule has 7 rings (SSSR count). The Labute approximate surface area is 196 Å². The molecule has 2 heterocycles. The average molecular weight is 434 g/mol. The summed E-state index contributed by atoms with van der Waals surface area (Å²) in [7, 11) is 0. The SMILES string of the molecule is c1cc(-c2ccc3ccc4c(-c5ccc(-c6cncnc6)cc5)ccc5ccc2c3c54)ccn1. The Kier molecular flexibility index (Phi) is 4.15. The van der Waals surface area contributed by atoms with Crippen LogP contribution in [0.5, 0.6) is 0 Å². The number of nitrogens with zero attached hydrogens (tertiary/aromatic N) is 3. The van der Waals surface area contributed by atoms with Crippen LogP contribution in [0.4, 0.5) is 0 Å². The van der Waals surface area contributed by atoms with Crippen molar-refractivity contribution < 1.29 is 0 Å². The van der Waals surface area contributed by atoms with E-state index in [-0.39, 0.29) is 0 Å². The lowest BCUT2D eigenvalue weighted by Gasteiger charge is -2.16. The summed E-state index contributed by atoms with van der Waals surface area (Å²) in [5.74, 6) is 0. The molecule has 0 aliphatic rings. The second-order valence-corrected chi connectivity index (χ2v) is 8.59. The second kappa shape index (κ2) is 7.46. The van der Waals surface area contributed by atoms with Gasteiger partial charge >= 0.3 is 0 Å². The van der Waals surface area contributed by atoms with Gasteiger partial charge in [-0.25, -0.2) is 9.97 Å². The van der Waals surface area contributed by atoms with Gasteiger partial charge in [0.05, 0.1) is 0 Å². The van der Waals surface area contributed by atoms with Crippen LogP contribution in [-0.2, 0) is 0 Å². The molecule has 3 heteroatoms. The maximum Gasteiger partial charge on any atom is 0.115 e. The van der Waals surface area contributed by atoms with Gasteiger partial charge in [0.2, 0.25) is 0 Å². The van der Waals surface area contributed by atoms with Crippen molar-refractivity contribution in [2.24, 2.45) is 0 Å². The first kappa shape index (κ1) is 18.9. The predicted octanol–water partition coefficient (Wildman–Crippen LogP) is 7.77. The molecule has 2 aromatic heterocycles. The zero-order valence-electron chi connectivity index (χ0n) is 18.3. The molecule has 0 aliphatic heterocycles. The molecule has 0 radical (unpaired) electrons. The van der Waals surface area contributed by atoms with Gasteiger partial charge in [0.25, 0.3) is 0 Å². The van der Waals surface area contributed by atoms with Gasteiger partial charge in [-0.15, -0.1) is 0 Å². The Morgan fingerprint density at radius 3 is 1.47 bits per heavy atom. The molecule has 0 saturated carbocycles. The summed E-state index contributed by atoms with van der Waals surface area (Å²) < 4.78 is 0. The van der Waals surface area contributed by atoms with E-state index in [9.17, 15) is 0 Å². The van der Waals surface area contributed by atoms with Crippen LogP contribution in [-0.4, -0.2) is 15.0 Å². The summed E-state index contributed by atoms with van der Waals surface area (Å²) in [6, 6.07) is 30.8. The lowest BCUT2D eigenvalue weighted by Crippen LogP contribution is -1.89. The standard InChI is InChI=1S/C31H19N3/c1-3-21(4-2-20(1)25-17-33-19-34-18-25)26-9-5-23-8-12-29-27(22-13-15-32-16-14-22)10-6-24-7-11-28(26)30(23)31(24)29/h1-19H. The smallest absolute Gasteiger partial charge is 0.115 e. The van der Waals surface area contributed by atoms with Crippen molar-refractivity contribution in [2.45, 2.75) is 0 Å². The lowest BCUT2D eigenvalue weighted by molar-refractivity contribution is 1.17. The Bertz CT molecular complexity index is 1770. The first-order valence-corrected chi connectivity index (χ1v) is 11.3. The third-order valence-corrected chi connectivity index (χ3v) is 6.75. The highest BCUT2D eigenvalue weighted by Crippen LogP contribution is 2.42. The minimum absolute atomic E-state index is 1.02. The minimum Gasteiger partial charge on any atom is -0.265 e. The molecule has 5 aromatic carbocycles. The van der Waals surface area contributed by atoms with Crippen molar-refractivity contribution in [3.8, 4) is 33.4 Å². The molecular weight excluding hydrogens is 414 g/mol. The Hall–Kier alpha value is -4.63. The van der Waals surface area contributed by atoms with E-state index >= 15 is 0 Å². The number of pyridine rings is 1.